The first-order valence-electron chi connectivity index (χ1n) is 7.60. The molecule has 2 atom stereocenters. The van der Waals surface area contributed by atoms with Crippen LogP contribution in [0.4, 0.5) is 0 Å². The summed E-state index contributed by atoms with van der Waals surface area (Å²) in [6, 6.07) is 1.61. The number of piperidine rings is 1. The fourth-order valence-electron chi connectivity index (χ4n) is 3.41. The lowest BCUT2D eigenvalue weighted by atomic mass is 9.96. The van der Waals surface area contributed by atoms with E-state index in [9.17, 15) is 4.79 Å². The van der Waals surface area contributed by atoms with Gasteiger partial charge in [-0.3, -0.25) is 4.79 Å². The number of carbonyl (C=O) groups is 1. The van der Waals surface area contributed by atoms with Crippen molar-refractivity contribution in [3.05, 3.63) is 0 Å². The number of amides is 1. The molecule has 0 aromatic heterocycles. The number of hydrogen-bond acceptors (Lipinski definition) is 3. The second-order valence-corrected chi connectivity index (χ2v) is 6.48. The van der Waals surface area contributed by atoms with Gasteiger partial charge in [-0.2, -0.15) is 0 Å². The van der Waals surface area contributed by atoms with Crippen molar-refractivity contribution in [1.82, 2.24) is 10.2 Å². The van der Waals surface area contributed by atoms with Gasteiger partial charge >= 0.3 is 0 Å². The van der Waals surface area contributed by atoms with E-state index >= 15 is 0 Å². The highest BCUT2D eigenvalue weighted by Crippen LogP contribution is 2.31. The molecule has 1 N–H and O–H groups in total. The van der Waals surface area contributed by atoms with E-state index in [0.29, 0.717) is 18.1 Å². The van der Waals surface area contributed by atoms with Crippen molar-refractivity contribution in [3.63, 3.8) is 0 Å². The fraction of sp³-hybridized carbons (Fsp3) is 0.933. The molecule has 0 aliphatic carbocycles. The molecule has 0 radical (unpaired) electrons. The number of carbonyl (C=O) groups excluding carboxylic acids is 1. The van der Waals surface area contributed by atoms with Crippen molar-refractivity contribution < 1.29 is 9.53 Å². The summed E-state index contributed by atoms with van der Waals surface area (Å²) in [5.74, 6) is 0.142. The number of nitrogens with zero attached hydrogens (tertiary/aromatic N) is 1. The highest BCUT2D eigenvalue weighted by Gasteiger charge is 2.40. The van der Waals surface area contributed by atoms with Gasteiger partial charge in [-0.15, -0.1) is 0 Å². The Kier molecular flexibility index (Phi) is 4.51. The molecule has 1 amide bonds. The number of fused-ring (bicyclic) bond motifs is 2. The summed E-state index contributed by atoms with van der Waals surface area (Å²) < 4.78 is 5.38. The molecule has 2 fully saturated rings. The summed E-state index contributed by atoms with van der Waals surface area (Å²) in [4.78, 5) is 14.8. The summed E-state index contributed by atoms with van der Waals surface area (Å²) in [5.41, 5.74) is -0.709. The Balaban J connectivity index is 2.09. The average Bonchev–Trinajstić information content (AvgIpc) is 2.74. The molecule has 4 heteroatoms. The molecule has 110 valence electrons. The molecule has 0 spiro atoms. The third kappa shape index (κ3) is 3.11. The van der Waals surface area contributed by atoms with Gasteiger partial charge in [0, 0.05) is 31.8 Å². The molecule has 2 aliphatic rings. The standard InChI is InChI=1S/C15H28N2O2/c1-5-8-17(14(18)15(2,3)19-4)13-9-11-6-7-12(10-13)16-11/h11-13,16H,5-10H2,1-4H3. The van der Waals surface area contributed by atoms with Crippen LogP contribution in [0.3, 0.4) is 0 Å². The second kappa shape index (κ2) is 5.80. The lowest BCUT2D eigenvalue weighted by molar-refractivity contribution is -0.154. The van der Waals surface area contributed by atoms with E-state index in [1.165, 1.54) is 12.8 Å². The molecule has 2 rings (SSSR count). The van der Waals surface area contributed by atoms with Crippen LogP contribution in [-0.4, -0.2) is 48.2 Å². The Morgan fingerprint density at radius 2 is 1.89 bits per heavy atom. The van der Waals surface area contributed by atoms with E-state index in [4.69, 9.17) is 4.74 Å². The van der Waals surface area contributed by atoms with E-state index in [1.807, 2.05) is 13.8 Å². The highest BCUT2D eigenvalue weighted by molar-refractivity contribution is 5.84. The van der Waals surface area contributed by atoms with E-state index in [0.717, 1.165) is 25.8 Å². The predicted molar refractivity (Wildman–Crippen MR) is 76.1 cm³/mol. The van der Waals surface area contributed by atoms with Gasteiger partial charge in [0.2, 0.25) is 0 Å². The highest BCUT2D eigenvalue weighted by atomic mass is 16.5. The van der Waals surface area contributed by atoms with Crippen molar-refractivity contribution in [2.75, 3.05) is 13.7 Å². The molecule has 2 heterocycles. The van der Waals surface area contributed by atoms with Gasteiger partial charge in [0.15, 0.2) is 0 Å². The van der Waals surface area contributed by atoms with Crippen LogP contribution in [-0.2, 0) is 9.53 Å². The minimum absolute atomic E-state index is 0.142. The summed E-state index contributed by atoms with van der Waals surface area (Å²) in [6.07, 6.45) is 5.74. The van der Waals surface area contributed by atoms with Crippen molar-refractivity contribution in [1.29, 1.82) is 0 Å². The Morgan fingerprint density at radius 1 is 1.32 bits per heavy atom. The van der Waals surface area contributed by atoms with Crippen molar-refractivity contribution in [2.45, 2.75) is 76.6 Å². The van der Waals surface area contributed by atoms with E-state index in [-0.39, 0.29) is 5.91 Å². The SMILES string of the molecule is CCCN(C(=O)C(C)(C)OC)C1CC2CCC(C1)N2. The summed E-state index contributed by atoms with van der Waals surface area (Å²) in [6.45, 7) is 6.72. The number of nitrogens with one attached hydrogen (secondary N) is 1. The topological polar surface area (TPSA) is 41.6 Å². The van der Waals surface area contributed by atoms with Crippen LogP contribution in [0, 0.1) is 0 Å². The number of methoxy groups -OCH3 is 1. The normalized spacial score (nSPS) is 30.4. The second-order valence-electron chi connectivity index (χ2n) is 6.48. The van der Waals surface area contributed by atoms with Gasteiger partial charge in [0.1, 0.15) is 5.60 Å². The smallest absolute Gasteiger partial charge is 0.254 e. The molecule has 0 aromatic rings. The monoisotopic (exact) mass is 268 g/mol. The molecule has 0 saturated carbocycles. The van der Waals surface area contributed by atoms with Gasteiger partial charge in [-0.1, -0.05) is 6.92 Å². The molecule has 2 saturated heterocycles. The average molecular weight is 268 g/mol. The minimum Gasteiger partial charge on any atom is -0.369 e. The van der Waals surface area contributed by atoms with E-state index in [2.05, 4.69) is 17.1 Å². The van der Waals surface area contributed by atoms with Crippen LogP contribution < -0.4 is 5.32 Å². The minimum atomic E-state index is -0.709. The molecule has 2 bridgehead atoms. The zero-order chi connectivity index (χ0) is 14.0. The summed E-state index contributed by atoms with van der Waals surface area (Å²) >= 11 is 0. The Hall–Kier alpha value is -0.610. The molecular formula is C15H28N2O2. The molecule has 0 aromatic carbocycles. The van der Waals surface area contributed by atoms with Crippen LogP contribution in [0.5, 0.6) is 0 Å². The first-order chi connectivity index (χ1) is 8.97. The Morgan fingerprint density at radius 3 is 2.37 bits per heavy atom. The van der Waals surface area contributed by atoms with Crippen LogP contribution >= 0.6 is 0 Å². The van der Waals surface area contributed by atoms with Gasteiger partial charge in [-0.25, -0.2) is 0 Å². The number of hydrogen-bond donors (Lipinski definition) is 1. The lowest BCUT2D eigenvalue weighted by Crippen LogP contribution is -2.55. The first-order valence-corrected chi connectivity index (χ1v) is 7.60. The van der Waals surface area contributed by atoms with E-state index in [1.54, 1.807) is 7.11 Å². The summed E-state index contributed by atoms with van der Waals surface area (Å²) in [5, 5.41) is 3.64. The van der Waals surface area contributed by atoms with Gasteiger partial charge in [0.05, 0.1) is 0 Å². The summed E-state index contributed by atoms with van der Waals surface area (Å²) in [7, 11) is 1.62. The van der Waals surface area contributed by atoms with Crippen LogP contribution in [0.15, 0.2) is 0 Å². The van der Waals surface area contributed by atoms with Crippen LogP contribution in [0.1, 0.15) is 52.9 Å². The molecular weight excluding hydrogens is 240 g/mol. The zero-order valence-electron chi connectivity index (χ0n) is 12.7. The molecule has 19 heavy (non-hydrogen) atoms. The lowest BCUT2D eigenvalue weighted by Gasteiger charge is -2.40. The predicted octanol–water partition coefficient (Wildman–Crippen LogP) is 1.93. The fourth-order valence-corrected chi connectivity index (χ4v) is 3.41. The largest absolute Gasteiger partial charge is 0.369 e. The third-order valence-electron chi connectivity index (χ3n) is 4.64. The number of rotatable bonds is 5. The van der Waals surface area contributed by atoms with Crippen molar-refractivity contribution in [3.8, 4) is 0 Å². The van der Waals surface area contributed by atoms with Gasteiger partial charge in [-0.05, 0) is 46.0 Å². The quantitative estimate of drug-likeness (QED) is 0.828. The Labute approximate surface area is 116 Å². The molecule has 2 unspecified atom stereocenters. The Bertz CT molecular complexity index is 318. The van der Waals surface area contributed by atoms with Crippen molar-refractivity contribution in [2.24, 2.45) is 0 Å². The van der Waals surface area contributed by atoms with Crippen molar-refractivity contribution >= 4 is 5.91 Å². The number of ether oxygens (including phenoxy) is 1. The van der Waals surface area contributed by atoms with Crippen LogP contribution in [0.25, 0.3) is 0 Å². The maximum absolute atomic E-state index is 12.7. The zero-order valence-corrected chi connectivity index (χ0v) is 12.7. The maximum Gasteiger partial charge on any atom is 0.254 e. The van der Waals surface area contributed by atoms with Gasteiger partial charge < -0.3 is 15.0 Å². The third-order valence-corrected chi connectivity index (χ3v) is 4.64. The maximum atomic E-state index is 12.7. The van der Waals surface area contributed by atoms with Crippen LogP contribution in [0.2, 0.25) is 0 Å². The van der Waals surface area contributed by atoms with Gasteiger partial charge in [0.25, 0.3) is 5.91 Å². The molecule has 4 nitrogen and oxygen atoms in total. The molecule has 2 aliphatic heterocycles. The first kappa shape index (κ1) is 14.8. The van der Waals surface area contributed by atoms with E-state index < -0.39 is 5.60 Å².